The number of hydrogen-bond donors (Lipinski definition) is 1. The number of rotatable bonds is 3. The van der Waals surface area contributed by atoms with Gasteiger partial charge < -0.3 is 10.1 Å². The Morgan fingerprint density at radius 2 is 2.50 bits per heavy atom. The van der Waals surface area contributed by atoms with E-state index in [1.807, 2.05) is 18.3 Å². The van der Waals surface area contributed by atoms with Crippen molar-refractivity contribution < 1.29 is 4.74 Å². The van der Waals surface area contributed by atoms with E-state index in [-0.39, 0.29) is 0 Å². The van der Waals surface area contributed by atoms with Crippen LogP contribution in [0.5, 0.6) is 5.88 Å². The fraction of sp³-hybridized carbons (Fsp3) is 0.455. The van der Waals surface area contributed by atoms with Crippen molar-refractivity contribution in [1.29, 1.82) is 0 Å². The zero-order valence-electron chi connectivity index (χ0n) is 8.97. The highest BCUT2D eigenvalue weighted by atomic mass is 16.5. The summed E-state index contributed by atoms with van der Waals surface area (Å²) in [5, 5.41) is 7.47. The number of fused-ring (bicyclic) bond motifs is 1. The molecular formula is C11H14N4O. The maximum atomic E-state index is 5.65. The van der Waals surface area contributed by atoms with Crippen LogP contribution in [-0.2, 0) is 0 Å². The summed E-state index contributed by atoms with van der Waals surface area (Å²) >= 11 is 0. The minimum atomic E-state index is 0.475. The first-order chi connectivity index (χ1) is 7.92. The standard InChI is InChI=1S/C11H14N4O/c1-2-9(12-5-1)8-16-11-4-7-15-10(14-11)3-6-13-15/h3-4,6-7,9,12H,1-2,5,8H2. The predicted octanol–water partition coefficient (Wildman–Crippen LogP) is 0.860. The lowest BCUT2D eigenvalue weighted by atomic mass is 10.2. The second-order valence-electron chi connectivity index (χ2n) is 4.00. The van der Waals surface area contributed by atoms with E-state index in [1.54, 1.807) is 10.7 Å². The summed E-state index contributed by atoms with van der Waals surface area (Å²) in [6.45, 7) is 1.79. The number of hydrogen-bond acceptors (Lipinski definition) is 4. The van der Waals surface area contributed by atoms with E-state index in [0.717, 1.165) is 12.2 Å². The largest absolute Gasteiger partial charge is 0.476 e. The second-order valence-corrected chi connectivity index (χ2v) is 4.00. The van der Waals surface area contributed by atoms with Crippen molar-refractivity contribution in [3.63, 3.8) is 0 Å². The molecule has 2 aromatic rings. The van der Waals surface area contributed by atoms with Gasteiger partial charge >= 0.3 is 0 Å². The number of aromatic nitrogens is 3. The van der Waals surface area contributed by atoms with Crippen LogP contribution in [0.2, 0.25) is 0 Å². The fourth-order valence-electron chi connectivity index (χ4n) is 1.96. The Labute approximate surface area is 93.4 Å². The van der Waals surface area contributed by atoms with Gasteiger partial charge in [-0.2, -0.15) is 10.1 Å². The van der Waals surface area contributed by atoms with Crippen LogP contribution in [0, 0.1) is 0 Å². The minimum absolute atomic E-state index is 0.475. The third kappa shape index (κ3) is 1.86. The average Bonchev–Trinajstić information content (AvgIpc) is 2.97. The zero-order valence-corrected chi connectivity index (χ0v) is 8.97. The SMILES string of the molecule is c1cc2nc(OCC3CCCN3)ccn2n1. The molecule has 1 N–H and O–H groups in total. The van der Waals surface area contributed by atoms with Crippen molar-refractivity contribution in [2.75, 3.05) is 13.2 Å². The summed E-state index contributed by atoms with van der Waals surface area (Å²) in [6, 6.07) is 4.18. The van der Waals surface area contributed by atoms with E-state index in [0.29, 0.717) is 18.5 Å². The highest BCUT2D eigenvalue weighted by molar-refractivity contribution is 5.37. The van der Waals surface area contributed by atoms with E-state index in [4.69, 9.17) is 4.74 Å². The van der Waals surface area contributed by atoms with E-state index in [1.165, 1.54) is 12.8 Å². The van der Waals surface area contributed by atoms with Gasteiger partial charge in [-0.05, 0) is 19.4 Å². The molecule has 5 heteroatoms. The van der Waals surface area contributed by atoms with Gasteiger partial charge in [-0.1, -0.05) is 0 Å². The molecule has 0 aromatic carbocycles. The molecule has 3 rings (SSSR count). The lowest BCUT2D eigenvalue weighted by molar-refractivity contribution is 0.268. The molecular weight excluding hydrogens is 204 g/mol. The first kappa shape index (κ1) is 9.59. The van der Waals surface area contributed by atoms with Crippen LogP contribution >= 0.6 is 0 Å². The first-order valence-electron chi connectivity index (χ1n) is 5.58. The highest BCUT2D eigenvalue weighted by Crippen LogP contribution is 2.11. The second kappa shape index (κ2) is 4.09. The molecule has 0 saturated carbocycles. The van der Waals surface area contributed by atoms with Gasteiger partial charge in [0, 0.05) is 24.4 Å². The van der Waals surface area contributed by atoms with Gasteiger partial charge in [0.1, 0.15) is 6.61 Å². The molecule has 0 radical (unpaired) electrons. The van der Waals surface area contributed by atoms with Crippen molar-refractivity contribution >= 4 is 5.65 Å². The molecule has 84 valence electrons. The Morgan fingerprint density at radius 1 is 1.50 bits per heavy atom. The fourth-order valence-corrected chi connectivity index (χ4v) is 1.96. The van der Waals surface area contributed by atoms with E-state index < -0.39 is 0 Å². The summed E-state index contributed by atoms with van der Waals surface area (Å²) in [5.41, 5.74) is 0.817. The third-order valence-corrected chi connectivity index (χ3v) is 2.83. The van der Waals surface area contributed by atoms with Crippen molar-refractivity contribution in [2.45, 2.75) is 18.9 Å². The topological polar surface area (TPSA) is 51.5 Å². The molecule has 1 aliphatic rings. The number of nitrogens with one attached hydrogen (secondary N) is 1. The van der Waals surface area contributed by atoms with E-state index >= 15 is 0 Å². The molecule has 0 aliphatic carbocycles. The van der Waals surface area contributed by atoms with Gasteiger partial charge in [0.15, 0.2) is 5.65 Å². The van der Waals surface area contributed by atoms with Gasteiger partial charge in [-0.3, -0.25) is 0 Å². The Balaban J connectivity index is 1.68. The quantitative estimate of drug-likeness (QED) is 0.830. The molecule has 0 bridgehead atoms. The summed E-state index contributed by atoms with van der Waals surface area (Å²) in [6.07, 6.45) is 6.02. The molecule has 1 aliphatic heterocycles. The van der Waals surface area contributed by atoms with Crippen LogP contribution in [0.1, 0.15) is 12.8 Å². The molecule has 1 unspecified atom stereocenters. The van der Waals surface area contributed by atoms with Crippen LogP contribution in [0.4, 0.5) is 0 Å². The molecule has 1 fully saturated rings. The molecule has 0 amide bonds. The maximum Gasteiger partial charge on any atom is 0.216 e. The molecule has 16 heavy (non-hydrogen) atoms. The summed E-state index contributed by atoms with van der Waals surface area (Å²) in [5.74, 6) is 0.668. The predicted molar refractivity (Wildman–Crippen MR) is 59.5 cm³/mol. The van der Waals surface area contributed by atoms with Crippen molar-refractivity contribution in [2.24, 2.45) is 0 Å². The average molecular weight is 218 g/mol. The van der Waals surface area contributed by atoms with Crippen LogP contribution in [0.15, 0.2) is 24.5 Å². The normalized spacial score (nSPS) is 20.4. The van der Waals surface area contributed by atoms with Crippen molar-refractivity contribution in [3.05, 3.63) is 24.5 Å². The Bertz CT molecular complexity index is 476. The minimum Gasteiger partial charge on any atom is -0.476 e. The summed E-state index contributed by atoms with van der Waals surface area (Å²) < 4.78 is 7.38. The summed E-state index contributed by atoms with van der Waals surface area (Å²) in [7, 11) is 0. The van der Waals surface area contributed by atoms with Gasteiger partial charge in [0.05, 0.1) is 6.20 Å². The molecule has 1 saturated heterocycles. The highest BCUT2D eigenvalue weighted by Gasteiger charge is 2.14. The van der Waals surface area contributed by atoms with Gasteiger partial charge in [0.2, 0.25) is 5.88 Å². The van der Waals surface area contributed by atoms with Crippen molar-refractivity contribution in [3.8, 4) is 5.88 Å². The van der Waals surface area contributed by atoms with Crippen LogP contribution in [0.3, 0.4) is 0 Å². The molecule has 3 heterocycles. The third-order valence-electron chi connectivity index (χ3n) is 2.83. The first-order valence-corrected chi connectivity index (χ1v) is 5.58. The zero-order chi connectivity index (χ0) is 10.8. The molecule has 1 atom stereocenters. The van der Waals surface area contributed by atoms with E-state index in [2.05, 4.69) is 15.4 Å². The molecule has 5 nitrogen and oxygen atoms in total. The monoisotopic (exact) mass is 218 g/mol. The van der Waals surface area contributed by atoms with E-state index in [9.17, 15) is 0 Å². The van der Waals surface area contributed by atoms with Gasteiger partial charge in [-0.25, -0.2) is 4.52 Å². The lowest BCUT2D eigenvalue weighted by Gasteiger charge is -2.11. The number of ether oxygens (including phenoxy) is 1. The Morgan fingerprint density at radius 3 is 3.38 bits per heavy atom. The van der Waals surface area contributed by atoms with Crippen LogP contribution in [-0.4, -0.2) is 33.8 Å². The van der Waals surface area contributed by atoms with Crippen molar-refractivity contribution in [1.82, 2.24) is 19.9 Å². The molecule has 0 spiro atoms. The van der Waals surface area contributed by atoms with Gasteiger partial charge in [-0.15, -0.1) is 0 Å². The lowest BCUT2D eigenvalue weighted by Crippen LogP contribution is -2.28. The molecule has 2 aromatic heterocycles. The Kier molecular flexibility index (Phi) is 2.46. The smallest absolute Gasteiger partial charge is 0.216 e. The van der Waals surface area contributed by atoms with Gasteiger partial charge in [0.25, 0.3) is 0 Å². The Hall–Kier alpha value is -1.62. The van der Waals surface area contributed by atoms with Crippen LogP contribution in [0.25, 0.3) is 5.65 Å². The summed E-state index contributed by atoms with van der Waals surface area (Å²) in [4.78, 5) is 4.35. The maximum absolute atomic E-state index is 5.65. The number of nitrogens with zero attached hydrogens (tertiary/aromatic N) is 3. The van der Waals surface area contributed by atoms with Crippen LogP contribution < -0.4 is 10.1 Å².